The predicted molar refractivity (Wildman–Crippen MR) is 335 cm³/mol. The molecule has 16 N–H and O–H groups in total. The number of nitrogens with zero attached hydrogens (tertiary/aromatic N) is 1. The summed E-state index contributed by atoms with van der Waals surface area (Å²) in [6.07, 6.45) is -2.42. The van der Waals surface area contributed by atoms with Crippen molar-refractivity contribution in [3.8, 4) is 11.5 Å². The van der Waals surface area contributed by atoms with Gasteiger partial charge in [0.2, 0.25) is 65.0 Å². The summed E-state index contributed by atoms with van der Waals surface area (Å²) >= 11 is 0. The molecule has 494 valence electrons. The Kier molecular flexibility index (Phi) is 26.5. The van der Waals surface area contributed by atoms with E-state index >= 15 is 4.79 Å². The van der Waals surface area contributed by atoms with Crippen molar-refractivity contribution in [3.63, 3.8) is 0 Å². The Bertz CT molecular complexity index is 3240. The Morgan fingerprint density at radius 2 is 0.859 bits per heavy atom. The number of phenols is 2. The zero-order chi connectivity index (χ0) is 67.2. The fourth-order valence-corrected chi connectivity index (χ4v) is 10.8. The molecule has 2 fully saturated rings. The van der Waals surface area contributed by atoms with Gasteiger partial charge in [-0.05, 0) is 97.0 Å². The number of carboxylic acid groups (broad SMARTS) is 1. The Balaban J connectivity index is 1.46. The van der Waals surface area contributed by atoms with Crippen LogP contribution in [0.25, 0.3) is 0 Å². The molecule has 4 aromatic carbocycles. The number of fused-ring (bicyclic) bond motifs is 1. The van der Waals surface area contributed by atoms with E-state index in [0.29, 0.717) is 28.7 Å². The predicted octanol–water partition coefficient (Wildman–Crippen LogP) is -0.473. The van der Waals surface area contributed by atoms with Gasteiger partial charge in [-0.15, -0.1) is 0 Å². The lowest BCUT2D eigenvalue weighted by Crippen LogP contribution is -2.62. The van der Waals surface area contributed by atoms with E-state index < -0.39 is 150 Å². The number of nitrogens with two attached hydrogens (primary N) is 2. The van der Waals surface area contributed by atoms with Crippen molar-refractivity contribution in [3.05, 3.63) is 131 Å². The smallest absolute Gasteiger partial charge is 0.305 e. The molecule has 10 atom stereocenters. The minimum absolute atomic E-state index is 0.0203. The molecule has 0 aliphatic carbocycles. The maximum Gasteiger partial charge on any atom is 0.305 e. The van der Waals surface area contributed by atoms with Gasteiger partial charge in [0, 0.05) is 32.2 Å². The van der Waals surface area contributed by atoms with Crippen molar-refractivity contribution in [1.82, 2.24) is 52.8 Å². The third-order valence-electron chi connectivity index (χ3n) is 15.6. The van der Waals surface area contributed by atoms with Gasteiger partial charge in [-0.25, -0.2) is 0 Å². The van der Waals surface area contributed by atoms with E-state index in [1.54, 1.807) is 100 Å². The fraction of sp³-hybridized carbons (Fsp3) is 0.446. The number of benzene rings is 4. The highest BCUT2D eigenvalue weighted by Gasteiger charge is 2.42. The first-order valence-electron chi connectivity index (χ1n) is 30.7. The molecule has 2 saturated heterocycles. The molecule has 0 spiro atoms. The van der Waals surface area contributed by atoms with Gasteiger partial charge in [0.15, 0.2) is 0 Å². The highest BCUT2D eigenvalue weighted by atomic mass is 16.4. The second-order valence-electron chi connectivity index (χ2n) is 23.9. The van der Waals surface area contributed by atoms with Crippen LogP contribution in [0.3, 0.4) is 0 Å². The van der Waals surface area contributed by atoms with Crippen LogP contribution in [0.15, 0.2) is 109 Å². The van der Waals surface area contributed by atoms with Gasteiger partial charge in [0.1, 0.15) is 71.9 Å². The summed E-state index contributed by atoms with van der Waals surface area (Å²) in [5.41, 5.74) is 13.4. The first kappa shape index (κ1) is 71.2. The number of phenolic OH excluding ortho intramolecular Hbond substituents is 2. The van der Waals surface area contributed by atoms with Gasteiger partial charge in [0.25, 0.3) is 0 Å². The van der Waals surface area contributed by atoms with E-state index in [1.807, 2.05) is 0 Å². The molecule has 2 aliphatic rings. The highest BCUT2D eigenvalue weighted by molar-refractivity contribution is 6.01. The molecule has 92 heavy (non-hydrogen) atoms. The van der Waals surface area contributed by atoms with E-state index in [0.717, 1.165) is 0 Å². The molecule has 0 radical (unpaired) electrons. The monoisotopic (exact) mass is 1270 g/mol. The minimum Gasteiger partial charge on any atom is -0.508 e. The number of carbonyl (C=O) groups is 12. The largest absolute Gasteiger partial charge is 0.508 e. The third kappa shape index (κ3) is 21.7. The van der Waals surface area contributed by atoms with Gasteiger partial charge in [-0.3, -0.25) is 57.5 Å². The minimum atomic E-state index is -2.03. The van der Waals surface area contributed by atoms with Crippen LogP contribution in [0.5, 0.6) is 11.5 Å². The van der Waals surface area contributed by atoms with Crippen molar-refractivity contribution < 1.29 is 72.9 Å². The number of carbonyl (C=O) groups excluding carboxylic acids is 11. The summed E-state index contributed by atoms with van der Waals surface area (Å²) in [6, 6.07) is 12.7. The quantitative estimate of drug-likeness (QED) is 0.0599. The molecule has 27 nitrogen and oxygen atoms in total. The fourth-order valence-electron chi connectivity index (χ4n) is 10.8. The third-order valence-corrected chi connectivity index (χ3v) is 15.6. The van der Waals surface area contributed by atoms with Crippen LogP contribution in [0, 0.1) is 11.8 Å². The lowest BCUT2D eigenvalue weighted by molar-refractivity contribution is -0.142. The van der Waals surface area contributed by atoms with E-state index in [-0.39, 0.29) is 81.9 Å². The van der Waals surface area contributed by atoms with Crippen molar-refractivity contribution in [2.75, 3.05) is 13.1 Å². The second-order valence-corrected chi connectivity index (χ2v) is 23.9. The normalized spacial score (nSPS) is 23.9. The molecule has 2 aliphatic heterocycles. The van der Waals surface area contributed by atoms with Crippen LogP contribution in [0.4, 0.5) is 0 Å². The van der Waals surface area contributed by atoms with Gasteiger partial charge >= 0.3 is 5.97 Å². The SMILES string of the molecule is CC(C)C[C@@H]1NC(=O)[C@H](CCCN)NC(=O)[C@H](C(C)C)NC(=O)[C@H](Cc2ccc(O)cc2)NC(=O)[C@H](CC(=O)O)NC(=O)[C@H](CC(N)=O)NC(=O)[C@H](Cc2ccccc2)NC(=O)[C@H](Cc2ccccc2)NC(=O)[C@@H]2CCCN2C(=O)[C@@H](Cc2ccc(O)cc2)NC1=O. The number of nitrogens with one attached hydrogen (secondary N) is 9. The van der Waals surface area contributed by atoms with Crippen molar-refractivity contribution in [1.29, 1.82) is 0 Å². The van der Waals surface area contributed by atoms with Crippen LogP contribution in [-0.4, -0.2) is 165 Å². The summed E-state index contributed by atoms with van der Waals surface area (Å²) in [5, 5.41) is 53.9. The average molecular weight is 1270 g/mol. The maximum absolute atomic E-state index is 15.1. The molecule has 11 amide bonds. The van der Waals surface area contributed by atoms with E-state index in [2.05, 4.69) is 47.9 Å². The zero-order valence-electron chi connectivity index (χ0n) is 51.9. The van der Waals surface area contributed by atoms with Crippen molar-refractivity contribution >= 4 is 70.9 Å². The highest BCUT2D eigenvalue weighted by Crippen LogP contribution is 2.23. The number of carboxylic acids is 1. The van der Waals surface area contributed by atoms with Gasteiger partial charge in [-0.2, -0.15) is 0 Å². The first-order valence-corrected chi connectivity index (χ1v) is 30.7. The van der Waals surface area contributed by atoms with Crippen LogP contribution < -0.4 is 59.3 Å². The van der Waals surface area contributed by atoms with Gasteiger partial charge in [-0.1, -0.05) is 113 Å². The molecular weight excluding hydrogens is 1190 g/mol. The summed E-state index contributed by atoms with van der Waals surface area (Å²) in [6.45, 7) is 6.84. The van der Waals surface area contributed by atoms with Gasteiger partial charge in [0.05, 0.1) is 12.8 Å². The molecule has 2 heterocycles. The number of amides is 11. The van der Waals surface area contributed by atoms with Crippen LogP contribution >= 0.6 is 0 Å². The molecule has 6 rings (SSSR count). The molecule has 0 bridgehead atoms. The summed E-state index contributed by atoms with van der Waals surface area (Å²) in [7, 11) is 0. The lowest BCUT2D eigenvalue weighted by Gasteiger charge is -2.32. The van der Waals surface area contributed by atoms with Crippen LogP contribution in [0.1, 0.15) is 94.9 Å². The first-order chi connectivity index (χ1) is 43.8. The molecular formula is C65H84N12O15. The van der Waals surface area contributed by atoms with Crippen molar-refractivity contribution in [2.24, 2.45) is 23.3 Å². The lowest BCUT2D eigenvalue weighted by atomic mass is 9.99. The average Bonchev–Trinajstić information content (AvgIpc) is 1.56. The second kappa shape index (κ2) is 34.3. The number of primary amides is 1. The Labute approximate surface area is 532 Å². The number of aliphatic carboxylic acids is 1. The van der Waals surface area contributed by atoms with Crippen LogP contribution in [-0.2, 0) is 83.2 Å². The van der Waals surface area contributed by atoms with E-state index in [1.165, 1.54) is 41.3 Å². The number of hydrogen-bond donors (Lipinski definition) is 14. The standard InChI is InChI=1S/C65H84N12O15/c1-36(2)29-45-57(84)75-51(33-41-21-25-43(79)26-22-41)65(92)77-28-12-18-52(77)63(90)74-47(31-39-15-9-6-10-16-39)59(86)70-46(30-38-13-7-5-8-14-38)58(85)72-49(34-53(67)80)60(87)73-50(35-54(81)82)61(88)71-48(32-40-19-23-42(78)24-20-40)62(89)76-55(37(3)4)64(91)68-44(17-11-27-66)56(83)69-45/h5-10,13-16,19-26,36-37,44-52,55,78-79H,11-12,17-18,27-35,66H2,1-4H3,(H2,67,80)(H,68,91)(H,69,83)(H,70,86)(H,71,88)(H,72,85)(H,73,87)(H,74,90)(H,75,84)(H,76,89)(H,81,82)/t44-,45-,46-,47-,48-,49-,50-,51+,52-,55-/m0/s1. The zero-order valence-corrected chi connectivity index (χ0v) is 51.9. The van der Waals surface area contributed by atoms with Crippen LogP contribution in [0.2, 0.25) is 0 Å². The Hall–Kier alpha value is -9.92. The number of aromatic hydroxyl groups is 2. The number of hydrogen-bond acceptors (Lipinski definition) is 15. The molecule has 4 aromatic rings. The maximum atomic E-state index is 15.1. The molecule has 0 aromatic heterocycles. The molecule has 27 heteroatoms. The summed E-state index contributed by atoms with van der Waals surface area (Å²) in [5.74, 6) is -13.5. The number of rotatable bonds is 18. The molecule has 0 saturated carbocycles. The van der Waals surface area contributed by atoms with E-state index in [4.69, 9.17) is 11.5 Å². The van der Waals surface area contributed by atoms with E-state index in [9.17, 15) is 68.1 Å². The molecule has 0 unspecified atom stereocenters. The van der Waals surface area contributed by atoms with Gasteiger partial charge < -0.3 is 79.5 Å². The Morgan fingerprint density at radius 3 is 1.32 bits per heavy atom. The van der Waals surface area contributed by atoms with Crippen molar-refractivity contribution in [2.45, 2.75) is 159 Å². The summed E-state index contributed by atoms with van der Waals surface area (Å²) < 4.78 is 0. The Morgan fingerprint density at radius 1 is 0.478 bits per heavy atom. The topological polar surface area (TPSA) is 429 Å². The summed E-state index contributed by atoms with van der Waals surface area (Å²) in [4.78, 5) is 173.